The largest absolute Gasteiger partial charge is 0.332 e. The molecule has 0 spiro atoms. The topological polar surface area (TPSA) is 52.7 Å². The molecule has 1 N–H and O–H groups in total. The van der Waals surface area contributed by atoms with Crippen molar-refractivity contribution in [2.75, 3.05) is 18.4 Å². The van der Waals surface area contributed by atoms with Crippen LogP contribution in [0.1, 0.15) is 20.9 Å². The first kappa shape index (κ1) is 23.3. The van der Waals surface area contributed by atoms with Crippen LogP contribution in [0.25, 0.3) is 0 Å². The second-order valence-electron chi connectivity index (χ2n) is 7.71. The smallest absolute Gasteiger partial charge is 0.322 e. The Morgan fingerprint density at radius 2 is 1.66 bits per heavy atom. The van der Waals surface area contributed by atoms with Gasteiger partial charge in [0.25, 0.3) is 0 Å². The van der Waals surface area contributed by atoms with Gasteiger partial charge in [0.05, 0.1) is 6.54 Å². The van der Waals surface area contributed by atoms with Crippen LogP contribution in [0.2, 0.25) is 0 Å². The van der Waals surface area contributed by atoms with Crippen molar-refractivity contribution in [2.45, 2.75) is 26.9 Å². The van der Waals surface area contributed by atoms with Crippen LogP contribution in [0, 0.1) is 13.8 Å². The van der Waals surface area contributed by atoms with Crippen LogP contribution in [-0.4, -0.2) is 34.8 Å². The van der Waals surface area contributed by atoms with Gasteiger partial charge in [0.1, 0.15) is 6.54 Å². The molecule has 0 aliphatic rings. The Labute approximate surface area is 194 Å². The minimum absolute atomic E-state index is 0.0269. The van der Waals surface area contributed by atoms with Gasteiger partial charge in [-0.1, -0.05) is 54.1 Å². The Balaban J connectivity index is 1.73. The van der Waals surface area contributed by atoms with Crippen LogP contribution in [0.15, 0.2) is 79.4 Å². The van der Waals surface area contributed by atoms with Gasteiger partial charge in [-0.3, -0.25) is 4.79 Å². The first-order valence-electron chi connectivity index (χ1n) is 10.5. The number of aryl methyl sites for hydroxylation is 2. The van der Waals surface area contributed by atoms with Gasteiger partial charge in [-0.15, -0.1) is 17.9 Å². The molecule has 0 radical (unpaired) electrons. The Morgan fingerprint density at radius 1 is 0.938 bits per heavy atom. The lowest BCUT2D eigenvalue weighted by Gasteiger charge is -2.27. The second kappa shape index (κ2) is 11.3. The van der Waals surface area contributed by atoms with Crippen molar-refractivity contribution >= 4 is 29.0 Å². The fourth-order valence-corrected chi connectivity index (χ4v) is 4.18. The van der Waals surface area contributed by atoms with E-state index < -0.39 is 0 Å². The number of amides is 3. The molecule has 1 aromatic heterocycles. The van der Waals surface area contributed by atoms with Gasteiger partial charge in [-0.25, -0.2) is 4.79 Å². The second-order valence-corrected chi connectivity index (χ2v) is 9.09. The zero-order valence-corrected chi connectivity index (χ0v) is 19.4. The molecule has 166 valence electrons. The van der Waals surface area contributed by atoms with Crippen molar-refractivity contribution in [3.63, 3.8) is 0 Å². The van der Waals surface area contributed by atoms with E-state index in [2.05, 4.69) is 31.0 Å². The van der Waals surface area contributed by atoms with E-state index in [0.717, 1.165) is 16.0 Å². The van der Waals surface area contributed by atoms with Crippen molar-refractivity contribution in [1.82, 2.24) is 9.80 Å². The zero-order chi connectivity index (χ0) is 22.9. The summed E-state index contributed by atoms with van der Waals surface area (Å²) in [4.78, 5) is 31.8. The van der Waals surface area contributed by atoms with Gasteiger partial charge in [-0.05, 0) is 43.7 Å². The van der Waals surface area contributed by atoms with Gasteiger partial charge in [0.15, 0.2) is 0 Å². The van der Waals surface area contributed by atoms with Crippen LogP contribution in [0.3, 0.4) is 0 Å². The summed E-state index contributed by atoms with van der Waals surface area (Å²) < 4.78 is 0. The summed E-state index contributed by atoms with van der Waals surface area (Å²) >= 11 is 1.68. The van der Waals surface area contributed by atoms with E-state index in [4.69, 9.17) is 0 Å². The van der Waals surface area contributed by atoms with E-state index in [1.807, 2.05) is 61.5 Å². The molecule has 3 aromatic rings. The number of nitrogens with one attached hydrogen (secondary N) is 1. The molecule has 2 aromatic carbocycles. The lowest BCUT2D eigenvalue weighted by Crippen LogP contribution is -2.44. The molecule has 0 fully saturated rings. The Kier molecular flexibility index (Phi) is 8.22. The highest BCUT2D eigenvalue weighted by Gasteiger charge is 2.22. The van der Waals surface area contributed by atoms with E-state index in [9.17, 15) is 9.59 Å². The molecule has 6 heteroatoms. The maximum absolute atomic E-state index is 13.3. The van der Waals surface area contributed by atoms with Crippen LogP contribution in [0.5, 0.6) is 0 Å². The Morgan fingerprint density at radius 3 is 2.28 bits per heavy atom. The first-order chi connectivity index (χ1) is 15.4. The number of nitrogens with zero attached hydrogens (tertiary/aromatic N) is 2. The van der Waals surface area contributed by atoms with Crippen molar-refractivity contribution in [2.24, 2.45) is 0 Å². The number of hydrogen-bond donors (Lipinski definition) is 1. The lowest BCUT2D eigenvalue weighted by atomic mass is 10.2. The summed E-state index contributed by atoms with van der Waals surface area (Å²) in [5, 5.41) is 2.87. The van der Waals surface area contributed by atoms with Crippen LogP contribution in [0.4, 0.5) is 10.5 Å². The van der Waals surface area contributed by atoms with E-state index in [1.54, 1.807) is 22.3 Å². The fourth-order valence-electron chi connectivity index (χ4n) is 3.27. The molecule has 3 amide bonds. The molecule has 0 bridgehead atoms. The predicted molar refractivity (Wildman–Crippen MR) is 132 cm³/mol. The number of urea groups is 1. The van der Waals surface area contributed by atoms with Crippen LogP contribution >= 0.6 is 11.3 Å². The van der Waals surface area contributed by atoms with Crippen molar-refractivity contribution < 1.29 is 9.59 Å². The summed E-state index contributed by atoms with van der Waals surface area (Å²) in [6, 6.07) is 21.3. The molecule has 0 aliphatic carbocycles. The summed E-state index contributed by atoms with van der Waals surface area (Å²) in [7, 11) is 0. The third kappa shape index (κ3) is 6.82. The maximum atomic E-state index is 13.3. The molecule has 3 rings (SSSR count). The quantitative estimate of drug-likeness (QED) is 0.433. The maximum Gasteiger partial charge on any atom is 0.322 e. The molecule has 32 heavy (non-hydrogen) atoms. The first-order valence-corrected chi connectivity index (χ1v) is 11.4. The summed E-state index contributed by atoms with van der Waals surface area (Å²) in [5.74, 6) is -0.110. The number of thiophene rings is 1. The highest BCUT2D eigenvalue weighted by atomic mass is 32.1. The zero-order valence-electron chi connectivity index (χ0n) is 18.6. The monoisotopic (exact) mass is 447 g/mol. The molecule has 0 atom stereocenters. The van der Waals surface area contributed by atoms with E-state index >= 15 is 0 Å². The number of rotatable bonds is 9. The highest BCUT2D eigenvalue weighted by molar-refractivity contribution is 7.11. The summed E-state index contributed by atoms with van der Waals surface area (Å²) in [6.07, 6.45) is 1.63. The molecule has 1 heterocycles. The van der Waals surface area contributed by atoms with Crippen LogP contribution in [-0.2, 0) is 17.9 Å². The Hall–Kier alpha value is -3.38. The van der Waals surface area contributed by atoms with Gasteiger partial charge in [0, 0.05) is 28.5 Å². The SMILES string of the molecule is C=CCN(CC(=O)N(Cc1ccccc1)Cc1ccc(C)s1)C(=O)Nc1ccc(C)cc1. The van der Waals surface area contributed by atoms with Crippen LogP contribution < -0.4 is 5.32 Å². The number of carbonyl (C=O) groups is 2. The molecule has 0 aliphatic heterocycles. The highest BCUT2D eigenvalue weighted by Crippen LogP contribution is 2.19. The molecule has 0 saturated carbocycles. The number of hydrogen-bond acceptors (Lipinski definition) is 3. The molecule has 5 nitrogen and oxygen atoms in total. The predicted octanol–water partition coefficient (Wildman–Crippen LogP) is 5.61. The van der Waals surface area contributed by atoms with Gasteiger partial charge in [-0.2, -0.15) is 0 Å². The minimum atomic E-state index is -0.325. The third-order valence-electron chi connectivity index (χ3n) is 4.98. The number of benzene rings is 2. The number of anilines is 1. The lowest BCUT2D eigenvalue weighted by molar-refractivity contribution is -0.132. The molecule has 0 unspecified atom stereocenters. The van der Waals surface area contributed by atoms with Gasteiger partial charge < -0.3 is 15.1 Å². The molecule has 0 saturated heterocycles. The molecular weight excluding hydrogens is 418 g/mol. The average Bonchev–Trinajstić information content (AvgIpc) is 3.20. The standard InChI is InChI=1S/C26H29N3O2S/c1-4-16-28(26(31)27-23-13-10-20(2)11-14-23)19-25(30)29(17-22-8-6-5-7-9-22)18-24-15-12-21(3)32-24/h4-15H,1,16-19H2,2-3H3,(H,27,31). The van der Waals surface area contributed by atoms with E-state index in [-0.39, 0.29) is 25.0 Å². The van der Waals surface area contributed by atoms with Gasteiger partial charge in [0.2, 0.25) is 5.91 Å². The summed E-state index contributed by atoms with van der Waals surface area (Å²) in [6.45, 7) is 9.04. The van der Waals surface area contributed by atoms with Crippen molar-refractivity contribution in [3.8, 4) is 0 Å². The normalized spacial score (nSPS) is 10.4. The third-order valence-corrected chi connectivity index (χ3v) is 5.96. The minimum Gasteiger partial charge on any atom is -0.332 e. The summed E-state index contributed by atoms with van der Waals surface area (Å²) in [5.41, 5.74) is 2.85. The van der Waals surface area contributed by atoms with Crippen molar-refractivity contribution in [1.29, 1.82) is 0 Å². The number of carbonyl (C=O) groups excluding carboxylic acids is 2. The van der Waals surface area contributed by atoms with Gasteiger partial charge >= 0.3 is 6.03 Å². The van der Waals surface area contributed by atoms with E-state index in [0.29, 0.717) is 18.8 Å². The van der Waals surface area contributed by atoms with E-state index in [1.165, 1.54) is 9.78 Å². The molecular formula is C26H29N3O2S. The fraction of sp³-hybridized carbons (Fsp3) is 0.231. The van der Waals surface area contributed by atoms with Crippen molar-refractivity contribution in [3.05, 3.63) is 100 Å². The average molecular weight is 448 g/mol. The Bertz CT molecular complexity index is 1040.